The highest BCUT2D eigenvalue weighted by molar-refractivity contribution is 5.85. The van der Waals surface area contributed by atoms with Crippen molar-refractivity contribution >= 4 is 11.9 Å². The smallest absolute Gasteiger partial charge is 0.413 e. The number of nitrogens with zero attached hydrogens (tertiary/aromatic N) is 3. The van der Waals surface area contributed by atoms with E-state index in [0.29, 0.717) is 5.82 Å². The minimum Gasteiger partial charge on any atom is -0.444 e. The summed E-state index contributed by atoms with van der Waals surface area (Å²) in [5.74, 6) is 0.330. The van der Waals surface area contributed by atoms with E-state index in [0.717, 1.165) is 0 Å². The van der Waals surface area contributed by atoms with Crippen LogP contribution in [0, 0.1) is 11.3 Å². The third kappa shape index (κ3) is 2.98. The van der Waals surface area contributed by atoms with Gasteiger partial charge in [-0.15, -0.1) is 0 Å². The van der Waals surface area contributed by atoms with Gasteiger partial charge in [-0.3, -0.25) is 5.32 Å². The molecule has 1 amide bonds. The van der Waals surface area contributed by atoms with Crippen LogP contribution in [0.1, 0.15) is 26.5 Å². The maximum Gasteiger partial charge on any atom is 0.413 e. The van der Waals surface area contributed by atoms with Crippen LogP contribution < -0.4 is 5.32 Å². The lowest BCUT2D eigenvalue weighted by Gasteiger charge is -2.19. The Morgan fingerprint density at radius 3 is 2.75 bits per heavy atom. The number of anilines is 1. The number of nitriles is 1. The maximum absolute atomic E-state index is 11.5. The van der Waals surface area contributed by atoms with Crippen molar-refractivity contribution in [1.29, 1.82) is 5.26 Å². The molecular weight excluding hydrogens is 208 g/mol. The third-order valence-electron chi connectivity index (χ3n) is 1.66. The van der Waals surface area contributed by atoms with Gasteiger partial charge in [0.15, 0.2) is 11.5 Å². The second kappa shape index (κ2) is 4.23. The molecule has 0 unspecified atom stereocenters. The average molecular weight is 222 g/mol. The van der Waals surface area contributed by atoms with Gasteiger partial charge in [0, 0.05) is 7.05 Å². The molecule has 1 aromatic heterocycles. The molecule has 0 bridgehead atoms. The van der Waals surface area contributed by atoms with Gasteiger partial charge >= 0.3 is 6.09 Å². The first kappa shape index (κ1) is 12.0. The van der Waals surface area contributed by atoms with Crippen LogP contribution in [0.3, 0.4) is 0 Å². The molecule has 1 N–H and O–H groups in total. The van der Waals surface area contributed by atoms with Gasteiger partial charge in [0.2, 0.25) is 0 Å². The molecule has 1 rings (SSSR count). The molecule has 0 aliphatic heterocycles. The Morgan fingerprint density at radius 1 is 1.62 bits per heavy atom. The van der Waals surface area contributed by atoms with Crippen LogP contribution in [0.5, 0.6) is 0 Å². The number of imidazole rings is 1. The number of hydrogen-bond acceptors (Lipinski definition) is 4. The SMILES string of the molecule is Cn1cnc(C#N)c1NC(=O)OC(C)(C)C. The zero-order chi connectivity index (χ0) is 12.3. The number of amides is 1. The molecule has 6 heteroatoms. The van der Waals surface area contributed by atoms with Gasteiger partial charge in [-0.05, 0) is 20.8 Å². The number of ether oxygens (including phenoxy) is 1. The molecule has 0 aliphatic rings. The number of rotatable bonds is 1. The van der Waals surface area contributed by atoms with E-state index in [1.807, 2.05) is 6.07 Å². The van der Waals surface area contributed by atoms with Crippen molar-refractivity contribution < 1.29 is 9.53 Å². The highest BCUT2D eigenvalue weighted by atomic mass is 16.6. The quantitative estimate of drug-likeness (QED) is 0.783. The van der Waals surface area contributed by atoms with Crippen LogP contribution in [-0.4, -0.2) is 21.2 Å². The summed E-state index contributed by atoms with van der Waals surface area (Å²) in [7, 11) is 1.68. The van der Waals surface area contributed by atoms with Gasteiger partial charge in [0.25, 0.3) is 0 Å². The van der Waals surface area contributed by atoms with Gasteiger partial charge in [-0.1, -0.05) is 0 Å². The van der Waals surface area contributed by atoms with Crippen LogP contribution in [0.2, 0.25) is 0 Å². The maximum atomic E-state index is 11.5. The summed E-state index contributed by atoms with van der Waals surface area (Å²) >= 11 is 0. The van der Waals surface area contributed by atoms with E-state index in [1.165, 1.54) is 6.33 Å². The molecule has 16 heavy (non-hydrogen) atoms. The first-order valence-electron chi connectivity index (χ1n) is 4.75. The van der Waals surface area contributed by atoms with E-state index in [4.69, 9.17) is 10.00 Å². The summed E-state index contributed by atoms with van der Waals surface area (Å²) in [5, 5.41) is 11.2. The standard InChI is InChI=1S/C10H14N4O2/c1-10(2,3)16-9(15)13-8-7(5-11)12-6-14(8)4/h6H,1-4H3,(H,13,15). The van der Waals surface area contributed by atoms with Crippen molar-refractivity contribution in [1.82, 2.24) is 9.55 Å². The average Bonchev–Trinajstić information content (AvgIpc) is 2.44. The fourth-order valence-electron chi connectivity index (χ4n) is 1.06. The van der Waals surface area contributed by atoms with Crippen molar-refractivity contribution in [3.63, 3.8) is 0 Å². The lowest BCUT2D eigenvalue weighted by Crippen LogP contribution is -2.28. The van der Waals surface area contributed by atoms with E-state index >= 15 is 0 Å². The summed E-state index contributed by atoms with van der Waals surface area (Å²) in [5.41, 5.74) is -0.413. The Morgan fingerprint density at radius 2 is 2.25 bits per heavy atom. The second-order valence-corrected chi connectivity index (χ2v) is 4.29. The third-order valence-corrected chi connectivity index (χ3v) is 1.66. The molecular formula is C10H14N4O2. The topological polar surface area (TPSA) is 79.9 Å². The molecule has 0 spiro atoms. The van der Waals surface area contributed by atoms with E-state index < -0.39 is 11.7 Å². The minimum absolute atomic E-state index is 0.161. The Kier molecular flexibility index (Phi) is 3.18. The number of carbonyl (C=O) groups excluding carboxylic acids is 1. The highest BCUT2D eigenvalue weighted by Crippen LogP contribution is 2.14. The fraction of sp³-hybridized carbons (Fsp3) is 0.500. The van der Waals surface area contributed by atoms with Crippen LogP contribution in [0.25, 0.3) is 0 Å². The summed E-state index contributed by atoms with van der Waals surface area (Å²) < 4.78 is 6.61. The summed E-state index contributed by atoms with van der Waals surface area (Å²) in [6.07, 6.45) is 0.846. The van der Waals surface area contributed by atoms with Gasteiger partial charge in [0.05, 0.1) is 6.33 Å². The predicted octanol–water partition coefficient (Wildman–Crippen LogP) is 1.64. The van der Waals surface area contributed by atoms with Gasteiger partial charge in [-0.25, -0.2) is 9.78 Å². The molecule has 0 saturated carbocycles. The number of nitrogens with one attached hydrogen (secondary N) is 1. The van der Waals surface area contributed by atoms with Gasteiger partial charge in [-0.2, -0.15) is 5.26 Å². The molecule has 1 aromatic rings. The Labute approximate surface area is 93.8 Å². The van der Waals surface area contributed by atoms with Gasteiger partial charge < -0.3 is 9.30 Å². The first-order chi connectivity index (χ1) is 7.33. The molecule has 6 nitrogen and oxygen atoms in total. The molecule has 0 atom stereocenters. The van der Waals surface area contributed by atoms with Gasteiger partial charge in [0.1, 0.15) is 11.7 Å². The molecule has 0 fully saturated rings. The monoisotopic (exact) mass is 222 g/mol. The van der Waals surface area contributed by atoms with Crippen LogP contribution >= 0.6 is 0 Å². The minimum atomic E-state index is -0.604. The zero-order valence-electron chi connectivity index (χ0n) is 9.74. The van der Waals surface area contributed by atoms with E-state index in [9.17, 15) is 4.79 Å². The number of hydrogen-bond donors (Lipinski definition) is 1. The summed E-state index contributed by atoms with van der Waals surface area (Å²) in [6, 6.07) is 1.88. The normalized spacial score (nSPS) is 10.7. The molecule has 0 saturated heterocycles. The Balaban J connectivity index is 2.78. The van der Waals surface area contributed by atoms with Crippen molar-refractivity contribution in [2.45, 2.75) is 26.4 Å². The summed E-state index contributed by atoms with van der Waals surface area (Å²) in [4.78, 5) is 15.3. The fourth-order valence-corrected chi connectivity index (χ4v) is 1.06. The van der Waals surface area contributed by atoms with E-state index in [-0.39, 0.29) is 5.69 Å². The molecule has 0 aliphatic carbocycles. The number of aromatic nitrogens is 2. The lowest BCUT2D eigenvalue weighted by atomic mass is 10.2. The molecule has 0 radical (unpaired) electrons. The largest absolute Gasteiger partial charge is 0.444 e. The van der Waals surface area contributed by atoms with Crippen LogP contribution in [-0.2, 0) is 11.8 Å². The predicted molar refractivity (Wildman–Crippen MR) is 57.8 cm³/mol. The first-order valence-corrected chi connectivity index (χ1v) is 4.75. The molecule has 0 aromatic carbocycles. The van der Waals surface area contributed by atoms with Crippen molar-refractivity contribution in [2.24, 2.45) is 7.05 Å². The van der Waals surface area contributed by atoms with Crippen molar-refractivity contribution in [3.8, 4) is 6.07 Å². The Hall–Kier alpha value is -2.03. The van der Waals surface area contributed by atoms with E-state index in [1.54, 1.807) is 32.4 Å². The highest BCUT2D eigenvalue weighted by Gasteiger charge is 2.18. The zero-order valence-corrected chi connectivity index (χ0v) is 9.74. The molecule has 1 heterocycles. The van der Waals surface area contributed by atoms with Crippen LogP contribution in [0.4, 0.5) is 10.6 Å². The van der Waals surface area contributed by atoms with Crippen molar-refractivity contribution in [2.75, 3.05) is 5.32 Å². The molecule has 86 valence electrons. The number of aryl methyl sites for hydroxylation is 1. The van der Waals surface area contributed by atoms with E-state index in [2.05, 4.69) is 10.3 Å². The lowest BCUT2D eigenvalue weighted by molar-refractivity contribution is 0.0634. The van der Waals surface area contributed by atoms with Crippen LogP contribution in [0.15, 0.2) is 6.33 Å². The summed E-state index contributed by atoms with van der Waals surface area (Å²) in [6.45, 7) is 5.29. The number of carbonyl (C=O) groups is 1. The second-order valence-electron chi connectivity index (χ2n) is 4.29. The van der Waals surface area contributed by atoms with Crippen molar-refractivity contribution in [3.05, 3.63) is 12.0 Å². The Bertz CT molecular complexity index is 437.